The zero-order valence-electron chi connectivity index (χ0n) is 18.8. The maximum atomic E-state index is 14.9. The zero-order chi connectivity index (χ0) is 23.5. The maximum absolute atomic E-state index is 14.9. The van der Waals surface area contributed by atoms with E-state index in [4.69, 9.17) is 10.5 Å². The van der Waals surface area contributed by atoms with E-state index >= 15 is 0 Å². The SMILES string of the molecule is CC1=NC(c2cnc(O[C@H]3CCN(C(=O)Cc4ccc(C)cc4)C[C@H]3F)c(C(N)=O)c2)=CC1. The number of benzene rings is 1. The van der Waals surface area contributed by atoms with E-state index in [0.717, 1.165) is 29.0 Å². The quantitative estimate of drug-likeness (QED) is 0.730. The molecule has 0 aliphatic carbocycles. The standard InChI is InChI=1S/C25H27FN4O3/c1-15-3-6-17(7-4-15)11-23(31)30-10-9-22(20(26)14-30)33-25-19(24(27)32)12-18(13-28-25)21-8-5-16(2)29-21/h3-4,6-8,12-13,20,22H,5,9-11,14H2,1-2H3,(H2,27,32)/t20-,22+/m1/s1. The monoisotopic (exact) mass is 450 g/mol. The van der Waals surface area contributed by atoms with Crippen LogP contribution in [0.3, 0.4) is 0 Å². The molecule has 1 aromatic heterocycles. The van der Waals surface area contributed by atoms with Crippen molar-refractivity contribution in [1.29, 1.82) is 0 Å². The van der Waals surface area contributed by atoms with E-state index in [0.29, 0.717) is 12.1 Å². The molecule has 2 aliphatic rings. The van der Waals surface area contributed by atoms with Gasteiger partial charge in [-0.2, -0.15) is 0 Å². The molecule has 2 aromatic rings. The van der Waals surface area contributed by atoms with Gasteiger partial charge >= 0.3 is 0 Å². The molecule has 1 aromatic carbocycles. The summed E-state index contributed by atoms with van der Waals surface area (Å²) in [7, 11) is 0. The molecule has 4 rings (SSSR count). The van der Waals surface area contributed by atoms with Crippen LogP contribution in [0, 0.1) is 6.92 Å². The number of aryl methyl sites for hydroxylation is 1. The van der Waals surface area contributed by atoms with Gasteiger partial charge in [-0.15, -0.1) is 0 Å². The summed E-state index contributed by atoms with van der Waals surface area (Å²) in [6, 6.07) is 9.29. The number of likely N-dealkylation sites (tertiary alicyclic amines) is 1. The van der Waals surface area contributed by atoms with Crippen LogP contribution in [0.15, 0.2) is 47.6 Å². The lowest BCUT2D eigenvalue weighted by atomic mass is 10.0. The van der Waals surface area contributed by atoms with Gasteiger partial charge < -0.3 is 15.4 Å². The van der Waals surface area contributed by atoms with E-state index in [1.54, 1.807) is 12.3 Å². The van der Waals surface area contributed by atoms with E-state index in [-0.39, 0.29) is 36.7 Å². The van der Waals surface area contributed by atoms with Crippen molar-refractivity contribution < 1.29 is 18.7 Å². The minimum atomic E-state index is -1.41. The second-order valence-electron chi connectivity index (χ2n) is 8.54. The van der Waals surface area contributed by atoms with Gasteiger partial charge in [0.15, 0.2) is 6.17 Å². The van der Waals surface area contributed by atoms with Crippen LogP contribution in [0.25, 0.3) is 5.70 Å². The number of ether oxygens (including phenoxy) is 1. The summed E-state index contributed by atoms with van der Waals surface area (Å²) in [4.78, 5) is 34.8. The number of amides is 2. The first-order chi connectivity index (χ1) is 15.8. The highest BCUT2D eigenvalue weighted by molar-refractivity contribution is 5.97. The summed E-state index contributed by atoms with van der Waals surface area (Å²) < 4.78 is 20.7. The van der Waals surface area contributed by atoms with Gasteiger partial charge in [-0.25, -0.2) is 9.37 Å². The van der Waals surface area contributed by atoms with E-state index < -0.39 is 18.2 Å². The number of carbonyl (C=O) groups excluding carboxylic acids is 2. The summed E-state index contributed by atoms with van der Waals surface area (Å²) in [5.41, 5.74) is 9.97. The van der Waals surface area contributed by atoms with Crippen molar-refractivity contribution >= 4 is 23.2 Å². The lowest BCUT2D eigenvalue weighted by Gasteiger charge is -2.34. The topological polar surface area (TPSA) is 97.9 Å². The molecule has 2 amide bonds. The lowest BCUT2D eigenvalue weighted by molar-refractivity contribution is -0.134. The van der Waals surface area contributed by atoms with Gasteiger partial charge in [-0.3, -0.25) is 14.6 Å². The molecule has 33 heavy (non-hydrogen) atoms. The van der Waals surface area contributed by atoms with Crippen molar-refractivity contribution in [2.75, 3.05) is 13.1 Å². The average Bonchev–Trinajstić information content (AvgIpc) is 3.23. The normalized spacial score (nSPS) is 20.3. The molecule has 3 heterocycles. The number of hydrogen-bond acceptors (Lipinski definition) is 5. The second kappa shape index (κ2) is 9.52. The molecule has 2 aliphatic heterocycles. The molecule has 0 saturated carbocycles. The number of alkyl halides is 1. The van der Waals surface area contributed by atoms with Crippen molar-refractivity contribution in [3.05, 3.63) is 64.9 Å². The van der Waals surface area contributed by atoms with E-state index in [9.17, 15) is 14.0 Å². The third-order valence-corrected chi connectivity index (χ3v) is 5.89. The molecule has 8 heteroatoms. The highest BCUT2D eigenvalue weighted by atomic mass is 19.1. The molecule has 2 atom stereocenters. The van der Waals surface area contributed by atoms with E-state index in [2.05, 4.69) is 9.98 Å². The summed E-state index contributed by atoms with van der Waals surface area (Å²) in [6.07, 6.45) is 2.51. The fourth-order valence-corrected chi connectivity index (χ4v) is 3.96. The Bertz CT molecular complexity index is 1130. The van der Waals surface area contributed by atoms with E-state index in [1.807, 2.05) is 44.2 Å². The molecule has 1 fully saturated rings. The minimum absolute atomic E-state index is 0.00219. The van der Waals surface area contributed by atoms with Crippen LogP contribution in [0.2, 0.25) is 0 Å². The van der Waals surface area contributed by atoms with Gasteiger partial charge in [0.1, 0.15) is 11.7 Å². The Morgan fingerprint density at radius 3 is 2.64 bits per heavy atom. The number of rotatable bonds is 6. The summed E-state index contributed by atoms with van der Waals surface area (Å²) >= 11 is 0. The third-order valence-electron chi connectivity index (χ3n) is 5.89. The second-order valence-corrected chi connectivity index (χ2v) is 8.54. The Hall–Kier alpha value is -3.55. The number of hydrogen-bond donors (Lipinski definition) is 1. The first-order valence-corrected chi connectivity index (χ1v) is 11.0. The zero-order valence-corrected chi connectivity index (χ0v) is 18.8. The number of allylic oxidation sites excluding steroid dienone is 1. The van der Waals surface area contributed by atoms with Crippen LogP contribution < -0.4 is 10.5 Å². The first kappa shape index (κ1) is 22.6. The van der Waals surface area contributed by atoms with E-state index in [1.165, 1.54) is 4.90 Å². The number of pyridine rings is 1. The van der Waals surface area contributed by atoms with Gasteiger partial charge in [-0.05, 0) is 25.5 Å². The molecule has 172 valence electrons. The average molecular weight is 451 g/mol. The largest absolute Gasteiger partial charge is 0.471 e. The van der Waals surface area contributed by atoms with Crippen LogP contribution >= 0.6 is 0 Å². The van der Waals surface area contributed by atoms with Crippen molar-refractivity contribution in [3.8, 4) is 5.88 Å². The fraction of sp³-hybridized carbons (Fsp3) is 0.360. The predicted octanol–water partition coefficient (Wildman–Crippen LogP) is 3.25. The number of halogens is 1. The molecule has 0 bridgehead atoms. The minimum Gasteiger partial charge on any atom is -0.471 e. The molecule has 1 saturated heterocycles. The summed E-state index contributed by atoms with van der Waals surface area (Å²) in [6.45, 7) is 4.20. The summed E-state index contributed by atoms with van der Waals surface area (Å²) in [5.74, 6) is -0.835. The number of primary amides is 1. The van der Waals surface area contributed by atoms with Gasteiger partial charge in [0.2, 0.25) is 11.8 Å². The Balaban J connectivity index is 1.41. The van der Waals surface area contributed by atoms with Crippen LogP contribution in [0.4, 0.5) is 4.39 Å². The maximum Gasteiger partial charge on any atom is 0.254 e. The van der Waals surface area contributed by atoms with Gasteiger partial charge in [0, 0.05) is 36.9 Å². The molecule has 0 unspecified atom stereocenters. The van der Waals surface area contributed by atoms with Crippen molar-refractivity contribution in [3.63, 3.8) is 0 Å². The molecule has 0 spiro atoms. The molecular weight excluding hydrogens is 423 g/mol. The number of carbonyl (C=O) groups is 2. The predicted molar refractivity (Wildman–Crippen MR) is 124 cm³/mol. The Morgan fingerprint density at radius 2 is 2.00 bits per heavy atom. The summed E-state index contributed by atoms with van der Waals surface area (Å²) in [5, 5.41) is 0. The highest BCUT2D eigenvalue weighted by Gasteiger charge is 2.34. The van der Waals surface area contributed by atoms with Crippen molar-refractivity contribution in [1.82, 2.24) is 9.88 Å². The first-order valence-electron chi connectivity index (χ1n) is 11.0. The molecule has 0 radical (unpaired) electrons. The van der Waals surface area contributed by atoms with Crippen molar-refractivity contribution in [2.24, 2.45) is 10.7 Å². The molecule has 7 nitrogen and oxygen atoms in total. The Labute approximate surface area is 192 Å². The number of nitrogens with zero attached hydrogens (tertiary/aromatic N) is 3. The molecular formula is C25H27FN4O3. The number of piperidine rings is 1. The smallest absolute Gasteiger partial charge is 0.254 e. The Kier molecular flexibility index (Phi) is 6.53. The fourth-order valence-electron chi connectivity index (χ4n) is 3.96. The van der Waals surface area contributed by atoms with Crippen molar-refractivity contribution in [2.45, 2.75) is 45.4 Å². The number of aliphatic imine (C=N–C) groups is 1. The van der Waals surface area contributed by atoms with Crippen LogP contribution in [0.1, 0.15) is 46.8 Å². The van der Waals surface area contributed by atoms with Crippen LogP contribution in [-0.2, 0) is 11.2 Å². The molecule has 2 N–H and O–H groups in total. The third kappa shape index (κ3) is 5.27. The van der Waals surface area contributed by atoms with Crippen LogP contribution in [0.5, 0.6) is 5.88 Å². The van der Waals surface area contributed by atoms with Gasteiger partial charge in [-0.1, -0.05) is 35.9 Å². The van der Waals surface area contributed by atoms with Crippen LogP contribution in [-0.4, -0.2) is 52.8 Å². The Morgan fingerprint density at radius 1 is 1.24 bits per heavy atom. The number of nitrogens with two attached hydrogens (primary N) is 1. The van der Waals surface area contributed by atoms with Gasteiger partial charge in [0.05, 0.1) is 18.7 Å². The highest BCUT2D eigenvalue weighted by Crippen LogP contribution is 2.28. The van der Waals surface area contributed by atoms with Gasteiger partial charge in [0.25, 0.3) is 5.91 Å². The number of aromatic nitrogens is 1. The lowest BCUT2D eigenvalue weighted by Crippen LogP contribution is -2.49.